The Balaban J connectivity index is 1.62. The second-order valence-electron chi connectivity index (χ2n) is 9.37. The number of rotatable bonds is 10. The number of piperazine rings is 1. The average Bonchev–Trinajstić information content (AvgIpc) is 3.57. The van der Waals surface area contributed by atoms with Crippen molar-refractivity contribution in [1.29, 1.82) is 0 Å². The molecule has 0 spiro atoms. The minimum absolute atomic E-state index is 0.00933. The molecule has 0 saturated carbocycles. The lowest BCUT2D eigenvalue weighted by Crippen LogP contribution is -2.48. The Morgan fingerprint density at radius 2 is 1.82 bits per heavy atom. The van der Waals surface area contributed by atoms with Crippen LogP contribution in [-0.2, 0) is 28.4 Å². The summed E-state index contributed by atoms with van der Waals surface area (Å²) in [6.45, 7) is 8.09. The van der Waals surface area contributed by atoms with Crippen molar-refractivity contribution in [1.82, 2.24) is 43.7 Å². The van der Waals surface area contributed by atoms with Gasteiger partial charge in [0.25, 0.3) is 5.56 Å². The third-order valence-electron chi connectivity index (χ3n) is 6.95. The van der Waals surface area contributed by atoms with Crippen LogP contribution in [0.3, 0.4) is 0 Å². The number of fused-ring (bicyclic) bond motifs is 1. The number of aromatic nitrogens is 7. The highest BCUT2D eigenvalue weighted by Crippen LogP contribution is 2.32. The fraction of sp³-hybridized carbons (Fsp3) is 0.480. The van der Waals surface area contributed by atoms with Gasteiger partial charge in [-0.2, -0.15) is 14.5 Å². The first kappa shape index (κ1) is 27.9. The maximum Gasteiger partial charge on any atom is 0.279 e. The van der Waals surface area contributed by atoms with Gasteiger partial charge in [-0.1, -0.05) is 6.92 Å². The molecule has 15 heteroatoms. The molecule has 1 aliphatic heterocycles. The number of aromatic amines is 1. The van der Waals surface area contributed by atoms with Crippen molar-refractivity contribution >= 4 is 21.1 Å². The van der Waals surface area contributed by atoms with Crippen molar-refractivity contribution < 1.29 is 17.9 Å². The van der Waals surface area contributed by atoms with Gasteiger partial charge in [0.15, 0.2) is 5.52 Å². The van der Waals surface area contributed by atoms with E-state index in [4.69, 9.17) is 14.5 Å². The van der Waals surface area contributed by atoms with Crippen LogP contribution < -0.4 is 10.3 Å². The molecule has 1 aliphatic rings. The van der Waals surface area contributed by atoms with Crippen LogP contribution in [0.1, 0.15) is 13.8 Å². The van der Waals surface area contributed by atoms with Gasteiger partial charge in [-0.3, -0.25) is 14.2 Å². The minimum atomic E-state index is -3.85. The number of sulfonamides is 1. The van der Waals surface area contributed by atoms with E-state index in [1.54, 1.807) is 29.7 Å². The molecule has 1 saturated heterocycles. The summed E-state index contributed by atoms with van der Waals surface area (Å²) in [5, 5.41) is 8.71. The van der Waals surface area contributed by atoms with Crippen LogP contribution >= 0.6 is 0 Å². The lowest BCUT2D eigenvalue weighted by molar-refractivity contribution is 0.144. The molecule has 0 unspecified atom stereocenters. The zero-order valence-electron chi connectivity index (χ0n) is 23.0. The van der Waals surface area contributed by atoms with E-state index in [1.165, 1.54) is 16.6 Å². The smallest absolute Gasteiger partial charge is 0.279 e. The predicted octanol–water partition coefficient (Wildman–Crippen LogP) is 0.953. The second-order valence-corrected chi connectivity index (χ2v) is 11.3. The Bertz CT molecular complexity index is 1670. The topological polar surface area (TPSA) is 153 Å². The fourth-order valence-corrected chi connectivity index (χ4v) is 6.10. The molecule has 5 heterocycles. The summed E-state index contributed by atoms with van der Waals surface area (Å²) in [5.41, 5.74) is 1.61. The average molecular weight is 572 g/mol. The Hall–Kier alpha value is -3.66. The highest BCUT2D eigenvalue weighted by Gasteiger charge is 2.30. The number of ether oxygens (including phenoxy) is 2. The van der Waals surface area contributed by atoms with Gasteiger partial charge in [0.1, 0.15) is 22.8 Å². The summed E-state index contributed by atoms with van der Waals surface area (Å²) in [6, 6.07) is 1.45. The van der Waals surface area contributed by atoms with Gasteiger partial charge in [0.05, 0.1) is 30.3 Å². The van der Waals surface area contributed by atoms with Crippen molar-refractivity contribution in [2.75, 3.05) is 53.0 Å². The van der Waals surface area contributed by atoms with Gasteiger partial charge in [0, 0.05) is 58.6 Å². The van der Waals surface area contributed by atoms with Crippen LogP contribution in [0.5, 0.6) is 5.88 Å². The van der Waals surface area contributed by atoms with E-state index in [0.29, 0.717) is 50.5 Å². The van der Waals surface area contributed by atoms with Gasteiger partial charge in [-0.05, 0) is 19.5 Å². The second kappa shape index (κ2) is 11.4. The van der Waals surface area contributed by atoms with Gasteiger partial charge in [-0.25, -0.2) is 18.4 Å². The molecule has 1 N–H and O–H groups in total. The number of methoxy groups -OCH3 is 1. The molecular formula is C25H33N9O5S. The molecule has 0 aliphatic carbocycles. The molecule has 40 heavy (non-hydrogen) atoms. The number of likely N-dealkylation sites (N-methyl/N-ethyl adjacent to an activating group) is 1. The van der Waals surface area contributed by atoms with Crippen LogP contribution in [-0.4, -0.2) is 105 Å². The predicted molar refractivity (Wildman–Crippen MR) is 147 cm³/mol. The fourth-order valence-electron chi connectivity index (χ4n) is 4.70. The molecule has 1 fully saturated rings. The minimum Gasteiger partial charge on any atom is -0.475 e. The SMILES string of the molecule is CCN1CCN(S(=O)(=O)c2cnc(OCCOC)c(-c3nc4c(-c5cnn(CC)c5)n(C)nc4c(=O)[nH]3)c2)CC1. The maximum absolute atomic E-state index is 13.6. The van der Waals surface area contributed by atoms with E-state index in [1.807, 2.05) is 13.1 Å². The van der Waals surface area contributed by atoms with Gasteiger partial charge >= 0.3 is 0 Å². The van der Waals surface area contributed by atoms with Crippen molar-refractivity contribution in [2.24, 2.45) is 7.05 Å². The maximum atomic E-state index is 13.6. The van der Waals surface area contributed by atoms with Crippen LogP contribution in [0.4, 0.5) is 0 Å². The molecule has 4 aromatic heterocycles. The summed E-state index contributed by atoms with van der Waals surface area (Å²) in [4.78, 5) is 27.2. The summed E-state index contributed by atoms with van der Waals surface area (Å²) in [7, 11) is -0.576. The van der Waals surface area contributed by atoms with E-state index in [-0.39, 0.29) is 34.3 Å². The Kier molecular flexibility index (Phi) is 7.98. The van der Waals surface area contributed by atoms with Crippen LogP contribution in [0, 0.1) is 0 Å². The largest absolute Gasteiger partial charge is 0.475 e. The molecule has 0 bridgehead atoms. The first-order chi connectivity index (χ1) is 19.3. The van der Waals surface area contributed by atoms with Crippen LogP contribution in [0.15, 0.2) is 34.3 Å². The number of H-pyrrole nitrogens is 1. The molecule has 0 amide bonds. The van der Waals surface area contributed by atoms with Gasteiger partial charge < -0.3 is 19.4 Å². The number of nitrogens with one attached hydrogen (secondary N) is 1. The molecule has 4 aromatic rings. The Morgan fingerprint density at radius 3 is 2.50 bits per heavy atom. The van der Waals surface area contributed by atoms with Gasteiger partial charge in [-0.15, -0.1) is 0 Å². The normalized spacial score (nSPS) is 15.2. The first-order valence-electron chi connectivity index (χ1n) is 13.1. The third-order valence-corrected chi connectivity index (χ3v) is 8.81. The standard InChI is InChI=1S/C25H33N9O5S/c1-5-32-7-9-34(10-8-32)40(36,37)18-13-19(25(26-15-18)39-12-11-38-4)23-28-20-21(24(35)29-23)30-31(3)22(20)17-14-27-33(6-2)16-17/h13-16H,5-12H2,1-4H3,(H,28,29,35). The van der Waals surface area contributed by atoms with Crippen molar-refractivity contribution in [2.45, 2.75) is 25.3 Å². The molecule has 214 valence electrons. The molecular weight excluding hydrogens is 538 g/mol. The first-order valence-corrected chi connectivity index (χ1v) is 14.5. The Labute approximate surface area is 231 Å². The van der Waals surface area contributed by atoms with Gasteiger partial charge in [0.2, 0.25) is 15.9 Å². The number of hydrogen-bond donors (Lipinski definition) is 1. The molecule has 0 aromatic carbocycles. The number of hydrogen-bond acceptors (Lipinski definition) is 10. The van der Waals surface area contributed by atoms with Crippen molar-refractivity contribution in [3.05, 3.63) is 35.0 Å². The molecule has 0 atom stereocenters. The molecule has 5 rings (SSSR count). The number of pyridine rings is 1. The van der Waals surface area contributed by atoms with Crippen molar-refractivity contribution in [3.8, 4) is 28.5 Å². The monoisotopic (exact) mass is 571 g/mol. The molecule has 14 nitrogen and oxygen atoms in total. The zero-order valence-corrected chi connectivity index (χ0v) is 23.8. The summed E-state index contributed by atoms with van der Waals surface area (Å²) < 4.78 is 42.9. The molecule has 0 radical (unpaired) electrons. The quantitative estimate of drug-likeness (QED) is 0.272. The van der Waals surface area contributed by atoms with E-state index in [0.717, 1.165) is 12.1 Å². The zero-order chi connectivity index (χ0) is 28.4. The van der Waals surface area contributed by atoms with Crippen molar-refractivity contribution in [3.63, 3.8) is 0 Å². The van der Waals surface area contributed by atoms with E-state index in [2.05, 4.69) is 32.0 Å². The van der Waals surface area contributed by atoms with Crippen LogP contribution in [0.25, 0.3) is 33.7 Å². The van der Waals surface area contributed by atoms with E-state index in [9.17, 15) is 13.2 Å². The summed E-state index contributed by atoms with van der Waals surface area (Å²) >= 11 is 0. The lowest BCUT2D eigenvalue weighted by Gasteiger charge is -2.33. The van der Waals surface area contributed by atoms with E-state index < -0.39 is 15.6 Å². The highest BCUT2D eigenvalue weighted by molar-refractivity contribution is 7.89. The summed E-state index contributed by atoms with van der Waals surface area (Å²) in [5.74, 6) is 0.237. The lowest BCUT2D eigenvalue weighted by atomic mass is 10.2. The van der Waals surface area contributed by atoms with Crippen LogP contribution in [0.2, 0.25) is 0 Å². The highest BCUT2D eigenvalue weighted by atomic mass is 32.2. The van der Waals surface area contributed by atoms with E-state index >= 15 is 0 Å². The Morgan fingerprint density at radius 1 is 1.05 bits per heavy atom. The number of nitrogens with zero attached hydrogens (tertiary/aromatic N) is 8. The number of aryl methyl sites for hydroxylation is 2. The summed E-state index contributed by atoms with van der Waals surface area (Å²) in [6.07, 6.45) is 4.82. The third kappa shape index (κ3) is 5.24.